The number of piperidine rings is 1. The van der Waals surface area contributed by atoms with Gasteiger partial charge in [-0.1, -0.05) is 23.9 Å². The summed E-state index contributed by atoms with van der Waals surface area (Å²) in [6, 6.07) is 0. The number of nitrogens with zero attached hydrogens (tertiary/aromatic N) is 1. The highest BCUT2D eigenvalue weighted by Crippen LogP contribution is 2.30. The monoisotopic (exact) mass is 218 g/mol. The van der Waals surface area contributed by atoms with Crippen molar-refractivity contribution in [2.45, 2.75) is 25.7 Å². The van der Waals surface area contributed by atoms with Crippen LogP contribution in [0.3, 0.4) is 0 Å². The largest absolute Gasteiger partial charge is 0.356 e. The predicted molar refractivity (Wildman–Crippen MR) is 66.1 cm³/mol. The number of allylic oxidation sites excluding steroid dienone is 1. The van der Waals surface area contributed by atoms with Crippen molar-refractivity contribution in [1.82, 2.24) is 10.5 Å². The standard InChI is InChI=1S/C13H18N2O/c1-3-5-11-12(4-2)16-15-13(11)10-6-8-14-9-7-10/h3-5,10,14H,2,6-9H2,1H3/b5-3-. The second-order valence-corrected chi connectivity index (χ2v) is 4.07. The zero-order valence-electron chi connectivity index (χ0n) is 9.70. The Morgan fingerprint density at radius 3 is 2.81 bits per heavy atom. The summed E-state index contributed by atoms with van der Waals surface area (Å²) in [7, 11) is 0. The van der Waals surface area contributed by atoms with E-state index < -0.39 is 0 Å². The molecule has 0 aliphatic carbocycles. The normalized spacial score (nSPS) is 18.1. The van der Waals surface area contributed by atoms with Crippen LogP contribution in [0.5, 0.6) is 0 Å². The van der Waals surface area contributed by atoms with Gasteiger partial charge in [0.2, 0.25) is 0 Å². The summed E-state index contributed by atoms with van der Waals surface area (Å²) in [5, 5.41) is 7.56. The third-order valence-electron chi connectivity index (χ3n) is 3.03. The molecule has 0 amide bonds. The van der Waals surface area contributed by atoms with Gasteiger partial charge in [-0.15, -0.1) is 0 Å². The summed E-state index contributed by atoms with van der Waals surface area (Å²) in [4.78, 5) is 0. The van der Waals surface area contributed by atoms with Crippen molar-refractivity contribution >= 4 is 12.2 Å². The molecular formula is C13H18N2O. The molecule has 1 aromatic heterocycles. The van der Waals surface area contributed by atoms with Crippen LogP contribution in [-0.2, 0) is 0 Å². The molecule has 2 heterocycles. The second kappa shape index (κ2) is 5.12. The van der Waals surface area contributed by atoms with E-state index in [2.05, 4.69) is 23.1 Å². The zero-order chi connectivity index (χ0) is 11.4. The van der Waals surface area contributed by atoms with Crippen LogP contribution in [0.1, 0.15) is 42.7 Å². The Balaban J connectivity index is 2.31. The smallest absolute Gasteiger partial charge is 0.166 e. The van der Waals surface area contributed by atoms with Gasteiger partial charge in [-0.05, 0) is 38.9 Å². The van der Waals surface area contributed by atoms with Crippen LogP contribution < -0.4 is 5.32 Å². The van der Waals surface area contributed by atoms with Gasteiger partial charge >= 0.3 is 0 Å². The Labute approximate surface area is 96.2 Å². The van der Waals surface area contributed by atoms with Crippen LogP contribution in [0.4, 0.5) is 0 Å². The maximum atomic E-state index is 5.31. The summed E-state index contributed by atoms with van der Waals surface area (Å²) < 4.78 is 5.31. The first-order valence-corrected chi connectivity index (χ1v) is 5.82. The average Bonchev–Trinajstić information content (AvgIpc) is 2.74. The number of rotatable bonds is 3. The lowest BCUT2D eigenvalue weighted by Gasteiger charge is -2.20. The lowest BCUT2D eigenvalue weighted by Crippen LogP contribution is -2.27. The summed E-state index contributed by atoms with van der Waals surface area (Å²) in [5.41, 5.74) is 2.19. The fourth-order valence-corrected chi connectivity index (χ4v) is 2.19. The van der Waals surface area contributed by atoms with E-state index in [0.29, 0.717) is 5.92 Å². The molecular weight excluding hydrogens is 200 g/mol. The van der Waals surface area contributed by atoms with Crippen LogP contribution in [0, 0.1) is 0 Å². The molecule has 0 aromatic carbocycles. The van der Waals surface area contributed by atoms with Gasteiger partial charge in [0.05, 0.1) is 5.69 Å². The van der Waals surface area contributed by atoms with Crippen LogP contribution in [-0.4, -0.2) is 18.2 Å². The Morgan fingerprint density at radius 1 is 1.44 bits per heavy atom. The van der Waals surface area contributed by atoms with Crippen molar-refractivity contribution in [3.05, 3.63) is 29.7 Å². The first kappa shape index (κ1) is 11.1. The van der Waals surface area contributed by atoms with Crippen LogP contribution in [0.15, 0.2) is 17.2 Å². The van der Waals surface area contributed by atoms with Crippen molar-refractivity contribution in [2.24, 2.45) is 0 Å². The summed E-state index contributed by atoms with van der Waals surface area (Å²) in [6.45, 7) is 7.89. The number of hydrogen-bond donors (Lipinski definition) is 1. The number of hydrogen-bond acceptors (Lipinski definition) is 3. The molecule has 1 aliphatic heterocycles. The second-order valence-electron chi connectivity index (χ2n) is 4.07. The molecule has 0 atom stereocenters. The predicted octanol–water partition coefficient (Wildman–Crippen LogP) is 2.82. The first-order chi connectivity index (χ1) is 7.86. The third-order valence-corrected chi connectivity index (χ3v) is 3.03. The molecule has 1 N–H and O–H groups in total. The molecule has 1 fully saturated rings. The highest BCUT2D eigenvalue weighted by Gasteiger charge is 2.22. The van der Waals surface area contributed by atoms with E-state index in [9.17, 15) is 0 Å². The van der Waals surface area contributed by atoms with Gasteiger partial charge in [0.15, 0.2) is 5.76 Å². The quantitative estimate of drug-likeness (QED) is 0.847. The Kier molecular flexibility index (Phi) is 3.57. The fourth-order valence-electron chi connectivity index (χ4n) is 2.19. The molecule has 86 valence electrons. The van der Waals surface area contributed by atoms with Crippen LogP contribution >= 0.6 is 0 Å². The van der Waals surface area contributed by atoms with E-state index >= 15 is 0 Å². The molecule has 0 bridgehead atoms. The summed E-state index contributed by atoms with van der Waals surface area (Å²) in [5.74, 6) is 1.30. The lowest BCUT2D eigenvalue weighted by atomic mass is 9.91. The van der Waals surface area contributed by atoms with Gasteiger partial charge < -0.3 is 9.84 Å². The minimum atomic E-state index is 0.518. The first-order valence-electron chi connectivity index (χ1n) is 5.82. The Morgan fingerprint density at radius 2 is 2.19 bits per heavy atom. The van der Waals surface area contributed by atoms with Crippen LogP contribution in [0.25, 0.3) is 12.2 Å². The molecule has 2 rings (SSSR count). The minimum Gasteiger partial charge on any atom is -0.356 e. The van der Waals surface area contributed by atoms with Crippen molar-refractivity contribution in [3.63, 3.8) is 0 Å². The summed E-state index contributed by atoms with van der Waals surface area (Å²) >= 11 is 0. The molecule has 16 heavy (non-hydrogen) atoms. The third kappa shape index (κ3) is 2.09. The molecule has 1 saturated heterocycles. The maximum absolute atomic E-state index is 5.31. The Bertz CT molecular complexity index is 387. The minimum absolute atomic E-state index is 0.518. The van der Waals surface area contributed by atoms with Crippen LogP contribution in [0.2, 0.25) is 0 Å². The van der Waals surface area contributed by atoms with E-state index in [1.54, 1.807) is 6.08 Å². The molecule has 1 aliphatic rings. The van der Waals surface area contributed by atoms with Crippen molar-refractivity contribution in [3.8, 4) is 0 Å². The number of aromatic nitrogens is 1. The number of nitrogens with one attached hydrogen (secondary N) is 1. The van der Waals surface area contributed by atoms with Gasteiger partial charge in [-0.25, -0.2) is 0 Å². The highest BCUT2D eigenvalue weighted by atomic mass is 16.5. The zero-order valence-corrected chi connectivity index (χ0v) is 9.70. The van der Waals surface area contributed by atoms with Gasteiger partial charge in [-0.2, -0.15) is 0 Å². The molecule has 3 heteroatoms. The van der Waals surface area contributed by atoms with Gasteiger partial charge in [0, 0.05) is 11.5 Å². The molecule has 0 unspecified atom stereocenters. The summed E-state index contributed by atoms with van der Waals surface area (Å²) in [6.07, 6.45) is 8.07. The lowest BCUT2D eigenvalue weighted by molar-refractivity contribution is 0.381. The maximum Gasteiger partial charge on any atom is 0.166 e. The molecule has 0 saturated carbocycles. The highest BCUT2D eigenvalue weighted by molar-refractivity contribution is 5.62. The average molecular weight is 218 g/mol. The van der Waals surface area contributed by atoms with E-state index in [-0.39, 0.29) is 0 Å². The van der Waals surface area contributed by atoms with Crippen molar-refractivity contribution < 1.29 is 4.52 Å². The molecule has 3 nitrogen and oxygen atoms in total. The molecule has 0 spiro atoms. The Hall–Kier alpha value is -1.35. The van der Waals surface area contributed by atoms with Gasteiger partial charge in [0.1, 0.15) is 0 Å². The molecule has 0 radical (unpaired) electrons. The van der Waals surface area contributed by atoms with Crippen molar-refractivity contribution in [1.29, 1.82) is 0 Å². The van der Waals surface area contributed by atoms with E-state index in [1.165, 1.54) is 0 Å². The van der Waals surface area contributed by atoms with E-state index in [0.717, 1.165) is 42.9 Å². The molecule has 1 aromatic rings. The van der Waals surface area contributed by atoms with Gasteiger partial charge in [-0.3, -0.25) is 0 Å². The van der Waals surface area contributed by atoms with E-state index in [1.807, 2.05) is 13.0 Å². The SMILES string of the molecule is C=Cc1onc(C2CCNCC2)c1/C=C\C. The topological polar surface area (TPSA) is 38.1 Å². The van der Waals surface area contributed by atoms with E-state index in [4.69, 9.17) is 4.52 Å². The van der Waals surface area contributed by atoms with Crippen molar-refractivity contribution in [2.75, 3.05) is 13.1 Å². The van der Waals surface area contributed by atoms with Gasteiger partial charge in [0.25, 0.3) is 0 Å². The fraction of sp³-hybridized carbons (Fsp3) is 0.462.